The zero-order chi connectivity index (χ0) is 27.6. The Bertz CT molecular complexity index is 2350. The van der Waals surface area contributed by atoms with Crippen LogP contribution in [-0.4, -0.2) is 14.4 Å². The lowest BCUT2D eigenvalue weighted by molar-refractivity contribution is 1.28. The van der Waals surface area contributed by atoms with Gasteiger partial charge in [-0.3, -0.25) is 4.40 Å². The Hall–Kier alpha value is -5.74. The Kier molecular flexibility index (Phi) is 4.87. The normalized spacial score (nSPS) is 11.8. The van der Waals surface area contributed by atoms with E-state index in [2.05, 4.69) is 131 Å². The molecule has 6 aromatic carbocycles. The van der Waals surface area contributed by atoms with E-state index in [0.717, 1.165) is 50.2 Å². The second-order valence-electron chi connectivity index (χ2n) is 10.7. The van der Waals surface area contributed by atoms with Crippen LogP contribution in [0.1, 0.15) is 0 Å². The van der Waals surface area contributed by atoms with Crippen molar-refractivity contribution in [3.05, 3.63) is 146 Å². The van der Waals surface area contributed by atoms with Crippen LogP contribution < -0.4 is 4.90 Å². The van der Waals surface area contributed by atoms with E-state index < -0.39 is 0 Å². The molecule has 0 aliphatic heterocycles. The first-order chi connectivity index (χ1) is 20.8. The van der Waals surface area contributed by atoms with Crippen LogP contribution in [0, 0.1) is 0 Å². The van der Waals surface area contributed by atoms with E-state index in [4.69, 9.17) is 9.97 Å². The van der Waals surface area contributed by atoms with Crippen molar-refractivity contribution < 1.29 is 0 Å². The topological polar surface area (TPSA) is 33.4 Å². The second kappa shape index (κ2) is 8.88. The van der Waals surface area contributed by atoms with Crippen LogP contribution in [0.25, 0.3) is 60.5 Å². The molecular weight excluding hydrogens is 512 g/mol. The molecule has 9 aromatic rings. The van der Waals surface area contributed by atoms with Crippen molar-refractivity contribution in [2.24, 2.45) is 0 Å². The third kappa shape index (κ3) is 3.36. The first kappa shape index (κ1) is 23.0. The maximum absolute atomic E-state index is 5.07. The quantitative estimate of drug-likeness (QED) is 0.224. The van der Waals surface area contributed by atoms with Gasteiger partial charge in [-0.1, -0.05) is 84.9 Å². The zero-order valence-corrected chi connectivity index (χ0v) is 22.6. The fraction of sp³-hybridized carbons (Fsp3) is 0. The fourth-order valence-electron chi connectivity index (χ4n) is 6.39. The molecule has 4 heteroatoms. The zero-order valence-electron chi connectivity index (χ0n) is 22.6. The fourth-order valence-corrected chi connectivity index (χ4v) is 6.39. The highest BCUT2D eigenvalue weighted by Crippen LogP contribution is 2.40. The van der Waals surface area contributed by atoms with Crippen LogP contribution in [0.15, 0.2) is 146 Å². The van der Waals surface area contributed by atoms with E-state index in [1.54, 1.807) is 0 Å². The van der Waals surface area contributed by atoms with E-state index >= 15 is 0 Å². The molecule has 0 atom stereocenters. The first-order valence-electron chi connectivity index (χ1n) is 14.2. The summed E-state index contributed by atoms with van der Waals surface area (Å²) in [5, 5.41) is 3.60. The van der Waals surface area contributed by atoms with Gasteiger partial charge in [-0.25, -0.2) is 9.97 Å². The van der Waals surface area contributed by atoms with Gasteiger partial charge in [-0.05, 0) is 71.8 Å². The summed E-state index contributed by atoms with van der Waals surface area (Å²) in [5.41, 5.74) is 11.8. The Morgan fingerprint density at radius 2 is 1.05 bits per heavy atom. The van der Waals surface area contributed by atoms with Crippen molar-refractivity contribution in [3.63, 3.8) is 0 Å². The number of anilines is 3. The summed E-state index contributed by atoms with van der Waals surface area (Å²) >= 11 is 0. The molecule has 3 aromatic heterocycles. The van der Waals surface area contributed by atoms with Crippen molar-refractivity contribution in [1.29, 1.82) is 0 Å². The van der Waals surface area contributed by atoms with Gasteiger partial charge >= 0.3 is 0 Å². The molecule has 42 heavy (non-hydrogen) atoms. The minimum absolute atomic E-state index is 0.911. The summed E-state index contributed by atoms with van der Waals surface area (Å²) in [4.78, 5) is 12.4. The van der Waals surface area contributed by atoms with Gasteiger partial charge in [0, 0.05) is 33.2 Å². The van der Waals surface area contributed by atoms with Crippen molar-refractivity contribution in [3.8, 4) is 11.1 Å². The smallest absolute Gasteiger partial charge is 0.165 e. The molecule has 9 rings (SSSR count). The van der Waals surface area contributed by atoms with Gasteiger partial charge in [-0.2, -0.15) is 0 Å². The highest BCUT2D eigenvalue weighted by molar-refractivity contribution is 6.22. The van der Waals surface area contributed by atoms with Gasteiger partial charge in [0.1, 0.15) is 5.52 Å². The lowest BCUT2D eigenvalue weighted by atomic mass is 10.0. The maximum atomic E-state index is 5.07. The minimum Gasteiger partial charge on any atom is -0.311 e. The van der Waals surface area contributed by atoms with Crippen LogP contribution in [0.5, 0.6) is 0 Å². The monoisotopic (exact) mass is 536 g/mol. The van der Waals surface area contributed by atoms with Gasteiger partial charge in [-0.15, -0.1) is 0 Å². The average Bonchev–Trinajstić information content (AvgIpc) is 3.56. The summed E-state index contributed by atoms with van der Waals surface area (Å²) in [5.74, 6) is 0. The predicted octanol–water partition coefficient (Wildman–Crippen LogP) is 9.92. The molecule has 4 nitrogen and oxygen atoms in total. The van der Waals surface area contributed by atoms with Gasteiger partial charge in [0.25, 0.3) is 0 Å². The molecule has 0 N–H and O–H groups in total. The van der Waals surface area contributed by atoms with Gasteiger partial charge < -0.3 is 4.90 Å². The van der Waals surface area contributed by atoms with Gasteiger partial charge in [0.15, 0.2) is 5.65 Å². The lowest BCUT2D eigenvalue weighted by Gasteiger charge is -2.25. The summed E-state index contributed by atoms with van der Waals surface area (Å²) in [6, 6.07) is 51.3. The molecule has 196 valence electrons. The molecular formula is C38H24N4. The molecule has 0 amide bonds. The van der Waals surface area contributed by atoms with Gasteiger partial charge in [0.05, 0.1) is 22.1 Å². The first-order valence-corrected chi connectivity index (χ1v) is 14.2. The summed E-state index contributed by atoms with van der Waals surface area (Å²) < 4.78 is 2.29. The van der Waals surface area contributed by atoms with Crippen molar-refractivity contribution in [2.75, 3.05) is 4.90 Å². The lowest BCUT2D eigenvalue weighted by Crippen LogP contribution is -2.09. The number of nitrogens with zero attached hydrogens (tertiary/aromatic N) is 4. The SMILES string of the molecule is c1ccc(N(c2ccccc2)c2ccc(-c3ccc4c(c3)c3cccc5c6nc7ccccc7nc6n4c35)cc2)cc1. The van der Waals surface area contributed by atoms with E-state index in [-0.39, 0.29) is 0 Å². The Balaban J connectivity index is 1.19. The second-order valence-corrected chi connectivity index (χ2v) is 10.7. The average molecular weight is 537 g/mol. The Morgan fingerprint density at radius 1 is 0.452 bits per heavy atom. The molecule has 0 saturated carbocycles. The highest BCUT2D eigenvalue weighted by Gasteiger charge is 2.20. The van der Waals surface area contributed by atoms with Crippen LogP contribution in [0.3, 0.4) is 0 Å². The van der Waals surface area contributed by atoms with Crippen molar-refractivity contribution >= 4 is 66.5 Å². The predicted molar refractivity (Wildman–Crippen MR) is 174 cm³/mol. The number of aromatic nitrogens is 3. The van der Waals surface area contributed by atoms with Crippen molar-refractivity contribution in [1.82, 2.24) is 14.4 Å². The Labute approximate surface area is 242 Å². The van der Waals surface area contributed by atoms with E-state index in [9.17, 15) is 0 Å². The number of benzene rings is 6. The maximum Gasteiger partial charge on any atom is 0.165 e. The van der Waals surface area contributed by atoms with Gasteiger partial charge in [0.2, 0.25) is 0 Å². The van der Waals surface area contributed by atoms with E-state index in [1.807, 2.05) is 24.3 Å². The molecule has 0 saturated heterocycles. The summed E-state index contributed by atoms with van der Waals surface area (Å²) in [7, 11) is 0. The largest absolute Gasteiger partial charge is 0.311 e. The third-order valence-corrected chi connectivity index (χ3v) is 8.29. The summed E-state index contributed by atoms with van der Waals surface area (Å²) in [6.07, 6.45) is 0. The minimum atomic E-state index is 0.911. The molecule has 3 heterocycles. The Morgan fingerprint density at radius 3 is 1.76 bits per heavy atom. The number of para-hydroxylation sites is 5. The summed E-state index contributed by atoms with van der Waals surface area (Å²) in [6.45, 7) is 0. The van der Waals surface area contributed by atoms with Crippen LogP contribution in [0.4, 0.5) is 17.1 Å². The van der Waals surface area contributed by atoms with E-state index in [1.165, 1.54) is 27.4 Å². The highest BCUT2D eigenvalue weighted by atomic mass is 15.1. The molecule has 0 unspecified atom stereocenters. The molecule has 0 radical (unpaired) electrons. The number of hydrogen-bond acceptors (Lipinski definition) is 3. The molecule has 0 aliphatic carbocycles. The molecule has 0 bridgehead atoms. The number of fused-ring (bicyclic) bond motifs is 7. The van der Waals surface area contributed by atoms with Crippen LogP contribution in [-0.2, 0) is 0 Å². The number of hydrogen-bond donors (Lipinski definition) is 0. The number of rotatable bonds is 4. The third-order valence-electron chi connectivity index (χ3n) is 8.29. The van der Waals surface area contributed by atoms with Crippen LogP contribution >= 0.6 is 0 Å². The van der Waals surface area contributed by atoms with E-state index in [0.29, 0.717) is 0 Å². The van der Waals surface area contributed by atoms with Crippen molar-refractivity contribution in [2.45, 2.75) is 0 Å². The molecule has 0 fully saturated rings. The molecule has 0 aliphatic rings. The standard InChI is InChI=1S/C38H24N4/c1-3-10-27(11-4-1)41(28-12-5-2-6-13-28)29-21-18-25(19-22-29)26-20-23-35-32(24-26)30-14-9-15-31-36-38(42(35)37(30)31)40-34-17-8-7-16-33(34)39-36/h1-24H. The molecule has 0 spiro atoms. The van der Waals surface area contributed by atoms with Crippen LogP contribution in [0.2, 0.25) is 0 Å².